The second-order valence-corrected chi connectivity index (χ2v) is 16.9. The highest BCUT2D eigenvalue weighted by Gasteiger charge is 2.58. The van der Waals surface area contributed by atoms with Crippen LogP contribution in [0.25, 0.3) is 0 Å². The van der Waals surface area contributed by atoms with Gasteiger partial charge in [0, 0.05) is 12.1 Å². The number of carbonyl (C=O) groups is 1. The van der Waals surface area contributed by atoms with E-state index in [4.69, 9.17) is 4.74 Å². The molecule has 8 unspecified atom stereocenters. The molecule has 49 heavy (non-hydrogen) atoms. The maximum Gasteiger partial charge on any atom is 0.310 e. The number of hydrogen-bond acceptors (Lipinski definition) is 4. The lowest BCUT2D eigenvalue weighted by Crippen LogP contribution is -2.57. The van der Waals surface area contributed by atoms with Crippen molar-refractivity contribution in [1.82, 2.24) is 10.2 Å². The highest BCUT2D eigenvalue weighted by Crippen LogP contribution is 2.52. The van der Waals surface area contributed by atoms with Crippen molar-refractivity contribution in [3.8, 4) is 0 Å². The van der Waals surface area contributed by atoms with Gasteiger partial charge in [0.15, 0.2) is 0 Å². The van der Waals surface area contributed by atoms with Gasteiger partial charge in [0.25, 0.3) is 0 Å². The molecule has 3 fully saturated rings. The lowest BCUT2D eigenvalue weighted by molar-refractivity contribution is -0.154. The molecule has 3 aliphatic rings. The summed E-state index contributed by atoms with van der Waals surface area (Å²) in [4.78, 5) is 15.5. The normalized spacial score (nSPS) is 27.6. The molecule has 8 atom stereocenters. The number of hydrogen-bond donors (Lipinski definition) is 2. The number of carboxylic acid groups (broad SMARTS) is 1. The highest BCUT2D eigenvalue weighted by atomic mass is 16.5. The number of carboxylic acids is 1. The van der Waals surface area contributed by atoms with Gasteiger partial charge in [0.2, 0.25) is 0 Å². The summed E-state index contributed by atoms with van der Waals surface area (Å²) in [6, 6.07) is 1.10. The van der Waals surface area contributed by atoms with Crippen molar-refractivity contribution in [3.63, 3.8) is 0 Å². The Morgan fingerprint density at radius 2 is 1.22 bits per heavy atom. The molecule has 2 aliphatic carbocycles. The van der Waals surface area contributed by atoms with Gasteiger partial charge < -0.3 is 20.1 Å². The third-order valence-electron chi connectivity index (χ3n) is 13.0. The molecule has 5 heteroatoms. The van der Waals surface area contributed by atoms with Gasteiger partial charge in [-0.2, -0.15) is 0 Å². The minimum absolute atomic E-state index is 0.235. The number of rotatable bonds is 28. The molecular formula is C44H83N2O3+. The van der Waals surface area contributed by atoms with Crippen LogP contribution in [0.2, 0.25) is 0 Å². The average Bonchev–Trinajstić information content (AvgIpc) is 3.10. The maximum absolute atomic E-state index is 12.7. The molecule has 1 aliphatic heterocycles. The minimum Gasteiger partial charge on any atom is -0.481 e. The van der Waals surface area contributed by atoms with Gasteiger partial charge in [0.1, 0.15) is 36.4 Å². The Morgan fingerprint density at radius 1 is 0.714 bits per heavy atom. The monoisotopic (exact) mass is 688 g/mol. The Balaban J connectivity index is 1.45. The molecule has 2 saturated carbocycles. The van der Waals surface area contributed by atoms with Crippen LogP contribution in [0, 0.1) is 29.6 Å². The van der Waals surface area contributed by atoms with Crippen LogP contribution in [-0.2, 0) is 9.53 Å². The molecule has 0 bridgehead atoms. The second-order valence-electron chi connectivity index (χ2n) is 16.9. The van der Waals surface area contributed by atoms with Crippen molar-refractivity contribution in [1.29, 1.82) is 0 Å². The number of nitrogens with one attached hydrogen (secondary N) is 1. The van der Waals surface area contributed by atoms with E-state index < -0.39 is 5.97 Å². The van der Waals surface area contributed by atoms with E-state index in [0.717, 1.165) is 38.5 Å². The second kappa shape index (κ2) is 25.2. The third kappa shape index (κ3) is 15.0. The zero-order valence-corrected chi connectivity index (χ0v) is 33.3. The third-order valence-corrected chi connectivity index (χ3v) is 13.0. The van der Waals surface area contributed by atoms with E-state index in [-0.39, 0.29) is 18.1 Å². The van der Waals surface area contributed by atoms with Crippen LogP contribution in [0.1, 0.15) is 201 Å². The van der Waals surface area contributed by atoms with E-state index in [0.29, 0.717) is 29.8 Å². The van der Waals surface area contributed by atoms with Gasteiger partial charge >= 0.3 is 5.97 Å². The predicted molar refractivity (Wildman–Crippen MR) is 209 cm³/mol. The Morgan fingerprint density at radius 3 is 1.73 bits per heavy atom. The first kappa shape index (κ1) is 42.6. The van der Waals surface area contributed by atoms with Crippen LogP contribution in [-0.4, -0.2) is 60.4 Å². The van der Waals surface area contributed by atoms with E-state index in [2.05, 4.69) is 45.0 Å². The van der Waals surface area contributed by atoms with Crippen LogP contribution in [0.4, 0.5) is 0 Å². The van der Waals surface area contributed by atoms with E-state index in [9.17, 15) is 9.90 Å². The van der Waals surface area contributed by atoms with Crippen molar-refractivity contribution < 1.29 is 14.6 Å². The Labute approximate surface area is 305 Å². The number of unbranched alkanes of at least 4 members (excludes halogenated alkanes) is 17. The zero-order chi connectivity index (χ0) is 35.3. The maximum atomic E-state index is 12.7. The summed E-state index contributed by atoms with van der Waals surface area (Å²) in [5.41, 5.74) is 0. The van der Waals surface area contributed by atoms with E-state index in [1.807, 2.05) is 0 Å². The molecule has 3 rings (SSSR count). The van der Waals surface area contributed by atoms with Crippen LogP contribution in [0.15, 0.2) is 0 Å². The van der Waals surface area contributed by atoms with Gasteiger partial charge in [-0.1, -0.05) is 143 Å². The number of aliphatic carboxylic acids is 1. The summed E-state index contributed by atoms with van der Waals surface area (Å²) in [5.74, 6) is 2.27. The standard InChI is InChI=1S/C44H82N2O3/c1-6-9-12-13-14-15-16-17-18-19-20-21-22-23-24-25-26-36(44(47)48)32-39-38-28-27-37(46(29-10-7-2)30-11-8-3)33-42(38)49-43-34-41(45-5)35(4)31-40(39)43/h35-38,40-43,45H,6-34H2,1-5H3/p+1. The lowest BCUT2D eigenvalue weighted by Gasteiger charge is -2.50. The van der Waals surface area contributed by atoms with Crippen molar-refractivity contribution in [2.45, 2.75) is 225 Å². The number of ether oxygens (including phenoxy) is 1. The molecule has 286 valence electrons. The summed E-state index contributed by atoms with van der Waals surface area (Å²) >= 11 is 0. The van der Waals surface area contributed by atoms with Crippen molar-refractivity contribution in [3.05, 3.63) is 5.92 Å². The fourth-order valence-corrected chi connectivity index (χ4v) is 9.86. The van der Waals surface area contributed by atoms with E-state index >= 15 is 0 Å². The van der Waals surface area contributed by atoms with E-state index in [1.165, 1.54) is 148 Å². The Bertz CT molecular complexity index is 829. The van der Waals surface area contributed by atoms with Gasteiger partial charge in [-0.05, 0) is 77.4 Å². The first-order chi connectivity index (χ1) is 23.9. The fraction of sp³-hybridized carbons (Fsp3) is 0.955. The fourth-order valence-electron chi connectivity index (χ4n) is 9.86. The first-order valence-electron chi connectivity index (χ1n) is 22.1. The summed E-state index contributed by atoms with van der Waals surface area (Å²) in [6.45, 7) is 11.7. The molecule has 1 heterocycles. The van der Waals surface area contributed by atoms with Crippen LogP contribution < -0.4 is 5.32 Å². The Kier molecular flexibility index (Phi) is 22.0. The molecule has 0 aromatic carbocycles. The molecule has 0 aromatic rings. The Hall–Kier alpha value is -0.780. The van der Waals surface area contributed by atoms with Gasteiger partial charge in [-0.25, -0.2) is 0 Å². The highest BCUT2D eigenvalue weighted by molar-refractivity contribution is 5.70. The zero-order valence-electron chi connectivity index (χ0n) is 33.3. The van der Waals surface area contributed by atoms with Crippen LogP contribution in [0.5, 0.6) is 0 Å². The largest absolute Gasteiger partial charge is 0.481 e. The van der Waals surface area contributed by atoms with Crippen molar-refractivity contribution >= 4 is 5.97 Å². The molecule has 0 radical (unpaired) electrons. The summed E-state index contributed by atoms with van der Waals surface area (Å²) in [5, 5.41) is 14.1. The molecule has 0 amide bonds. The van der Waals surface area contributed by atoms with Crippen LogP contribution in [0.3, 0.4) is 0 Å². The predicted octanol–water partition coefficient (Wildman–Crippen LogP) is 11.8. The summed E-state index contributed by atoms with van der Waals surface area (Å²) < 4.78 is 7.10. The molecule has 5 nitrogen and oxygen atoms in total. The molecule has 2 N–H and O–H groups in total. The summed E-state index contributed by atoms with van der Waals surface area (Å²) in [6.07, 6.45) is 34.6. The van der Waals surface area contributed by atoms with Gasteiger partial charge in [0.05, 0.1) is 5.92 Å². The van der Waals surface area contributed by atoms with Gasteiger partial charge in [-0.15, -0.1) is 0 Å². The average molecular weight is 688 g/mol. The smallest absolute Gasteiger partial charge is 0.310 e. The summed E-state index contributed by atoms with van der Waals surface area (Å²) in [7, 11) is 2.10. The molecule has 0 spiro atoms. The lowest BCUT2D eigenvalue weighted by atomic mass is 9.60. The topological polar surface area (TPSA) is 61.8 Å². The van der Waals surface area contributed by atoms with E-state index in [1.54, 1.807) is 5.92 Å². The number of fused-ring (bicyclic) bond motifs is 2. The number of nitrogens with zero attached hydrogens (tertiary/aromatic N) is 1. The quantitative estimate of drug-likeness (QED) is 0.0633. The molecule has 1 saturated heterocycles. The first-order valence-corrected chi connectivity index (χ1v) is 22.1. The molecule has 0 aromatic heterocycles. The minimum atomic E-state index is -0.566. The SMILES string of the molecule is CCCCCCCCCCCCCCCCCCC(C[C+]1C2CCC(N(CCCC)CCCC)CC2OC2CC(NC)C(C)CC12)C(=O)O. The van der Waals surface area contributed by atoms with Crippen LogP contribution >= 0.6 is 0 Å². The van der Waals surface area contributed by atoms with Crippen molar-refractivity contribution in [2.75, 3.05) is 20.1 Å². The van der Waals surface area contributed by atoms with Gasteiger partial charge in [-0.3, -0.25) is 4.79 Å². The molecular weight excluding hydrogens is 604 g/mol. The van der Waals surface area contributed by atoms with Crippen molar-refractivity contribution in [2.24, 2.45) is 23.7 Å².